The lowest BCUT2D eigenvalue weighted by atomic mass is 9.92. The van der Waals surface area contributed by atoms with Crippen molar-refractivity contribution >= 4 is 30.7 Å². The summed E-state index contributed by atoms with van der Waals surface area (Å²) in [5.74, 6) is -0.0129. The van der Waals surface area contributed by atoms with Crippen LogP contribution in [0.5, 0.6) is 0 Å². The van der Waals surface area contributed by atoms with Crippen LogP contribution in [0.15, 0.2) is 0 Å². The second-order valence-electron chi connectivity index (χ2n) is 5.37. The van der Waals surface area contributed by atoms with Crippen molar-refractivity contribution in [2.45, 2.75) is 57.0 Å². The van der Waals surface area contributed by atoms with Crippen LogP contribution in [0.2, 0.25) is 0 Å². The highest BCUT2D eigenvalue weighted by molar-refractivity contribution is 5.85. The van der Waals surface area contributed by atoms with Crippen molar-refractivity contribution in [3.05, 3.63) is 0 Å². The van der Waals surface area contributed by atoms with Crippen molar-refractivity contribution in [3.63, 3.8) is 0 Å². The molecule has 3 N–H and O–H groups in total. The highest BCUT2D eigenvalue weighted by atomic mass is 35.5. The van der Waals surface area contributed by atoms with Crippen molar-refractivity contribution in [2.75, 3.05) is 19.6 Å². The number of halogens is 2. The van der Waals surface area contributed by atoms with E-state index in [4.69, 9.17) is 5.73 Å². The molecule has 0 aromatic carbocycles. The van der Waals surface area contributed by atoms with Crippen LogP contribution in [0, 0.1) is 0 Å². The Hall–Kier alpha value is -0.0300. The van der Waals surface area contributed by atoms with E-state index in [1.807, 2.05) is 0 Å². The van der Waals surface area contributed by atoms with Crippen LogP contribution in [0.1, 0.15) is 44.9 Å². The van der Waals surface area contributed by atoms with Gasteiger partial charge in [-0.15, -0.1) is 24.8 Å². The van der Waals surface area contributed by atoms with Crippen molar-refractivity contribution < 1.29 is 4.79 Å². The Kier molecular flexibility index (Phi) is 9.79. The van der Waals surface area contributed by atoms with E-state index in [1.54, 1.807) is 0 Å². The maximum absolute atomic E-state index is 11.2. The van der Waals surface area contributed by atoms with E-state index in [1.165, 1.54) is 32.1 Å². The minimum atomic E-state index is -0.0129. The molecular weight excluding hydrogens is 285 g/mol. The van der Waals surface area contributed by atoms with Gasteiger partial charge in [-0.1, -0.05) is 19.3 Å². The first-order valence-corrected chi connectivity index (χ1v) is 7.03. The van der Waals surface area contributed by atoms with E-state index >= 15 is 0 Å². The molecule has 19 heavy (non-hydrogen) atoms. The van der Waals surface area contributed by atoms with E-state index in [0.29, 0.717) is 6.04 Å². The lowest BCUT2D eigenvalue weighted by Crippen LogP contribution is -2.49. The first kappa shape index (κ1) is 19.0. The summed E-state index contributed by atoms with van der Waals surface area (Å²) < 4.78 is 0. The number of amides is 1. The lowest BCUT2D eigenvalue weighted by Gasteiger charge is -2.39. The highest BCUT2D eigenvalue weighted by Gasteiger charge is 2.26. The summed E-state index contributed by atoms with van der Waals surface area (Å²) in [6.07, 6.45) is 9.13. The minimum absolute atomic E-state index is 0. The fraction of sp³-hybridized carbons (Fsp3) is 0.923. The fourth-order valence-electron chi connectivity index (χ4n) is 3.14. The van der Waals surface area contributed by atoms with Crippen LogP contribution in [-0.4, -0.2) is 42.5 Å². The minimum Gasteiger partial charge on any atom is -0.352 e. The van der Waals surface area contributed by atoms with Crippen LogP contribution in [0.4, 0.5) is 0 Å². The Bertz CT molecular complexity index is 252. The molecular formula is C13H27Cl2N3O. The van der Waals surface area contributed by atoms with E-state index in [-0.39, 0.29) is 37.3 Å². The molecule has 0 radical (unpaired) electrons. The molecule has 0 aromatic heterocycles. The van der Waals surface area contributed by atoms with Crippen molar-refractivity contribution in [1.82, 2.24) is 10.2 Å². The molecule has 4 nitrogen and oxygen atoms in total. The number of nitrogens with two attached hydrogens (primary N) is 1. The van der Waals surface area contributed by atoms with Gasteiger partial charge in [-0.25, -0.2) is 0 Å². The molecule has 0 atom stereocenters. The predicted molar refractivity (Wildman–Crippen MR) is 83.2 cm³/mol. The summed E-state index contributed by atoms with van der Waals surface area (Å²) >= 11 is 0. The summed E-state index contributed by atoms with van der Waals surface area (Å²) in [7, 11) is 0. The molecule has 1 saturated heterocycles. The maximum Gasteiger partial charge on any atom is 0.233 e. The smallest absolute Gasteiger partial charge is 0.233 e. The Balaban J connectivity index is 0.00000162. The molecule has 6 heteroatoms. The molecule has 1 amide bonds. The zero-order valence-corrected chi connectivity index (χ0v) is 13.1. The third-order valence-corrected chi connectivity index (χ3v) is 4.17. The molecule has 2 rings (SSSR count). The van der Waals surface area contributed by atoms with E-state index < -0.39 is 0 Å². The fourth-order valence-corrected chi connectivity index (χ4v) is 3.14. The Labute approximate surface area is 128 Å². The van der Waals surface area contributed by atoms with Gasteiger partial charge in [0.2, 0.25) is 5.91 Å². The van der Waals surface area contributed by atoms with Gasteiger partial charge in [0.25, 0.3) is 0 Å². The lowest BCUT2D eigenvalue weighted by molar-refractivity contribution is -0.120. The maximum atomic E-state index is 11.2. The summed E-state index contributed by atoms with van der Waals surface area (Å²) in [5.41, 5.74) is 5.31. The van der Waals surface area contributed by atoms with Gasteiger partial charge in [0.05, 0.1) is 6.54 Å². The standard InChI is InChI=1S/C13H25N3O.2ClH/c14-10-13(17)15-11-6-8-16(9-7-11)12-4-2-1-3-5-12;;/h11-12H,1-10,14H2,(H,15,17);2*1H. The Morgan fingerprint density at radius 2 is 1.63 bits per heavy atom. The summed E-state index contributed by atoms with van der Waals surface area (Å²) in [5, 5.41) is 3.00. The normalized spacial score (nSPS) is 22.2. The second kappa shape index (κ2) is 9.81. The Morgan fingerprint density at radius 3 is 2.16 bits per heavy atom. The summed E-state index contributed by atoms with van der Waals surface area (Å²) in [4.78, 5) is 13.8. The number of hydrogen-bond donors (Lipinski definition) is 2. The van der Waals surface area contributed by atoms with Gasteiger partial charge in [0, 0.05) is 25.2 Å². The zero-order valence-electron chi connectivity index (χ0n) is 11.5. The molecule has 2 aliphatic rings. The SMILES string of the molecule is Cl.Cl.NCC(=O)NC1CCN(C2CCCCC2)CC1. The third-order valence-electron chi connectivity index (χ3n) is 4.17. The number of piperidine rings is 1. The van der Waals surface area contributed by atoms with Gasteiger partial charge in [0.1, 0.15) is 0 Å². The van der Waals surface area contributed by atoms with Crippen LogP contribution < -0.4 is 11.1 Å². The molecule has 0 spiro atoms. The molecule has 1 heterocycles. The van der Waals surface area contributed by atoms with E-state index in [9.17, 15) is 4.79 Å². The number of rotatable bonds is 3. The van der Waals surface area contributed by atoms with E-state index in [0.717, 1.165) is 32.0 Å². The average Bonchev–Trinajstić information content (AvgIpc) is 2.40. The summed E-state index contributed by atoms with van der Waals surface area (Å²) in [6, 6.07) is 1.17. The third kappa shape index (κ3) is 5.86. The quantitative estimate of drug-likeness (QED) is 0.834. The monoisotopic (exact) mass is 311 g/mol. The number of likely N-dealkylation sites (tertiary alicyclic amines) is 1. The van der Waals surface area contributed by atoms with Crippen LogP contribution in [0.25, 0.3) is 0 Å². The largest absolute Gasteiger partial charge is 0.352 e. The summed E-state index contributed by atoms with van der Waals surface area (Å²) in [6.45, 7) is 2.39. The molecule has 0 unspecified atom stereocenters. The van der Waals surface area contributed by atoms with Crippen molar-refractivity contribution in [1.29, 1.82) is 0 Å². The Morgan fingerprint density at radius 1 is 1.05 bits per heavy atom. The first-order chi connectivity index (χ1) is 8.29. The molecule has 0 aromatic rings. The number of carbonyl (C=O) groups excluding carboxylic acids is 1. The van der Waals surface area contributed by atoms with Gasteiger partial charge in [-0.05, 0) is 25.7 Å². The number of nitrogens with zero attached hydrogens (tertiary/aromatic N) is 1. The van der Waals surface area contributed by atoms with Gasteiger partial charge in [-0.2, -0.15) is 0 Å². The van der Waals surface area contributed by atoms with Gasteiger partial charge in [-0.3, -0.25) is 4.79 Å². The number of hydrogen-bond acceptors (Lipinski definition) is 3. The van der Waals surface area contributed by atoms with Gasteiger partial charge < -0.3 is 16.0 Å². The molecule has 1 aliphatic carbocycles. The van der Waals surface area contributed by atoms with Crippen molar-refractivity contribution in [3.8, 4) is 0 Å². The van der Waals surface area contributed by atoms with E-state index in [2.05, 4.69) is 10.2 Å². The average molecular weight is 312 g/mol. The van der Waals surface area contributed by atoms with Crippen molar-refractivity contribution in [2.24, 2.45) is 5.73 Å². The zero-order chi connectivity index (χ0) is 12.1. The molecule has 1 saturated carbocycles. The molecule has 1 aliphatic heterocycles. The topological polar surface area (TPSA) is 58.4 Å². The second-order valence-corrected chi connectivity index (χ2v) is 5.37. The molecule has 0 bridgehead atoms. The van der Waals surface area contributed by atoms with Gasteiger partial charge in [0.15, 0.2) is 0 Å². The van der Waals surface area contributed by atoms with Crippen LogP contribution in [0.3, 0.4) is 0 Å². The number of carbonyl (C=O) groups is 1. The number of nitrogens with one attached hydrogen (secondary N) is 1. The van der Waals surface area contributed by atoms with Crippen LogP contribution >= 0.6 is 24.8 Å². The first-order valence-electron chi connectivity index (χ1n) is 7.03. The van der Waals surface area contributed by atoms with Gasteiger partial charge >= 0.3 is 0 Å². The highest BCUT2D eigenvalue weighted by Crippen LogP contribution is 2.25. The van der Waals surface area contributed by atoms with Crippen LogP contribution in [-0.2, 0) is 4.79 Å². The molecule has 2 fully saturated rings. The molecule has 114 valence electrons. The predicted octanol–water partition coefficient (Wildman–Crippen LogP) is 1.70.